The maximum atomic E-state index is 10.2. The van der Waals surface area contributed by atoms with Gasteiger partial charge in [0.25, 0.3) is 0 Å². The number of ether oxygens (including phenoxy) is 1. The Morgan fingerprint density at radius 1 is 1.00 bits per heavy atom. The monoisotopic (exact) mass is 240 g/mol. The quantitative estimate of drug-likeness (QED) is 0.830. The van der Waals surface area contributed by atoms with Crippen LogP contribution in [0.1, 0.15) is 17.2 Å². The molecule has 0 radical (unpaired) electrons. The normalized spacial score (nSPS) is 13.1. The summed E-state index contributed by atoms with van der Waals surface area (Å²) in [6, 6.07) is 19.3. The molecule has 2 nitrogen and oxygen atoms in total. The lowest BCUT2D eigenvalue weighted by Crippen LogP contribution is -2.03. The number of benzene rings is 2. The van der Waals surface area contributed by atoms with Gasteiger partial charge in [-0.2, -0.15) is 0 Å². The summed E-state index contributed by atoms with van der Waals surface area (Å²) in [4.78, 5) is 0. The van der Waals surface area contributed by atoms with Crippen molar-refractivity contribution in [3.05, 3.63) is 77.5 Å². The Hall–Kier alpha value is -2.06. The van der Waals surface area contributed by atoms with E-state index in [1.807, 2.05) is 66.7 Å². The number of aliphatic hydroxyl groups is 1. The van der Waals surface area contributed by atoms with Crippen LogP contribution >= 0.6 is 0 Å². The highest BCUT2D eigenvalue weighted by Crippen LogP contribution is 2.23. The molecule has 0 aliphatic heterocycles. The van der Waals surface area contributed by atoms with Crippen molar-refractivity contribution < 1.29 is 9.84 Å². The first kappa shape index (κ1) is 12.4. The molecule has 2 aromatic carbocycles. The van der Waals surface area contributed by atoms with Gasteiger partial charge in [0.1, 0.15) is 11.9 Å². The summed E-state index contributed by atoms with van der Waals surface area (Å²) in [7, 11) is 1.57. The second-order valence-corrected chi connectivity index (χ2v) is 3.97. The molecule has 1 unspecified atom stereocenters. The van der Waals surface area contributed by atoms with Gasteiger partial charge in [0.15, 0.2) is 0 Å². The molecule has 0 aromatic heterocycles. The topological polar surface area (TPSA) is 29.5 Å². The number of hydrogen-bond donors (Lipinski definition) is 1. The molecule has 0 heterocycles. The summed E-state index contributed by atoms with van der Waals surface area (Å²) in [6.45, 7) is 0. The van der Waals surface area contributed by atoms with E-state index in [0.717, 1.165) is 11.1 Å². The van der Waals surface area contributed by atoms with Crippen LogP contribution in [-0.4, -0.2) is 12.2 Å². The molecule has 0 spiro atoms. The van der Waals surface area contributed by atoms with Crippen molar-refractivity contribution >= 4 is 6.08 Å². The van der Waals surface area contributed by atoms with Crippen LogP contribution in [0.2, 0.25) is 0 Å². The lowest BCUT2D eigenvalue weighted by atomic mass is 10.1. The lowest BCUT2D eigenvalue weighted by molar-refractivity contribution is 0.132. The Morgan fingerprint density at radius 2 is 1.56 bits per heavy atom. The van der Waals surface area contributed by atoms with Gasteiger partial charge in [0.05, 0.1) is 7.11 Å². The van der Waals surface area contributed by atoms with Gasteiger partial charge in [-0.3, -0.25) is 0 Å². The number of rotatable bonds is 4. The van der Waals surface area contributed by atoms with E-state index < -0.39 is 6.10 Å². The molecule has 0 amide bonds. The van der Waals surface area contributed by atoms with Gasteiger partial charge in [0.2, 0.25) is 0 Å². The van der Waals surface area contributed by atoms with E-state index in [4.69, 9.17) is 4.74 Å². The lowest BCUT2D eigenvalue weighted by Gasteiger charge is -2.14. The Morgan fingerprint density at radius 3 is 2.11 bits per heavy atom. The Bertz CT molecular complexity index is 503. The third-order valence-electron chi connectivity index (χ3n) is 2.73. The molecule has 0 saturated heterocycles. The molecule has 2 aromatic rings. The van der Waals surface area contributed by atoms with Gasteiger partial charge < -0.3 is 9.84 Å². The summed E-state index contributed by atoms with van der Waals surface area (Å²) >= 11 is 0. The summed E-state index contributed by atoms with van der Waals surface area (Å²) in [5.74, 6) is 0.535. The fraction of sp³-hybridized carbons (Fsp3) is 0.125. The summed E-state index contributed by atoms with van der Waals surface area (Å²) in [5, 5.41) is 10.2. The van der Waals surface area contributed by atoms with Crippen LogP contribution in [0, 0.1) is 0 Å². The van der Waals surface area contributed by atoms with Crippen LogP contribution in [-0.2, 0) is 4.74 Å². The predicted octanol–water partition coefficient (Wildman–Crippen LogP) is 3.41. The molecular formula is C16H16O2. The zero-order chi connectivity index (χ0) is 12.8. The van der Waals surface area contributed by atoms with Crippen LogP contribution in [0.3, 0.4) is 0 Å². The molecule has 2 rings (SSSR count). The fourth-order valence-electron chi connectivity index (χ4n) is 1.76. The van der Waals surface area contributed by atoms with E-state index in [1.54, 1.807) is 7.11 Å². The largest absolute Gasteiger partial charge is 0.498 e. The van der Waals surface area contributed by atoms with E-state index in [-0.39, 0.29) is 0 Å². The second-order valence-electron chi connectivity index (χ2n) is 3.97. The van der Waals surface area contributed by atoms with Crippen LogP contribution in [0.4, 0.5) is 0 Å². The molecule has 0 bridgehead atoms. The second kappa shape index (κ2) is 6.03. The average Bonchev–Trinajstić information content (AvgIpc) is 2.46. The van der Waals surface area contributed by atoms with Gasteiger partial charge >= 0.3 is 0 Å². The SMILES string of the molecule is CO/C(=C/c1ccccc1)C(O)c1ccccc1. The Balaban J connectivity index is 2.27. The zero-order valence-corrected chi connectivity index (χ0v) is 10.3. The van der Waals surface area contributed by atoms with E-state index in [2.05, 4.69) is 0 Å². The van der Waals surface area contributed by atoms with Crippen molar-refractivity contribution in [2.75, 3.05) is 7.11 Å². The molecule has 0 aliphatic rings. The van der Waals surface area contributed by atoms with Crippen molar-refractivity contribution in [1.29, 1.82) is 0 Å². The van der Waals surface area contributed by atoms with Crippen LogP contribution in [0.5, 0.6) is 0 Å². The number of hydrogen-bond acceptors (Lipinski definition) is 2. The van der Waals surface area contributed by atoms with Crippen LogP contribution in [0.25, 0.3) is 6.08 Å². The molecule has 18 heavy (non-hydrogen) atoms. The van der Waals surface area contributed by atoms with Gasteiger partial charge in [-0.25, -0.2) is 0 Å². The van der Waals surface area contributed by atoms with Crippen molar-refractivity contribution in [3.8, 4) is 0 Å². The molecular weight excluding hydrogens is 224 g/mol. The third kappa shape index (κ3) is 2.99. The van der Waals surface area contributed by atoms with Crippen LogP contribution < -0.4 is 0 Å². The predicted molar refractivity (Wildman–Crippen MR) is 72.8 cm³/mol. The van der Waals surface area contributed by atoms with Crippen molar-refractivity contribution in [1.82, 2.24) is 0 Å². The zero-order valence-electron chi connectivity index (χ0n) is 10.3. The molecule has 0 saturated carbocycles. The van der Waals surface area contributed by atoms with Gasteiger partial charge in [-0.1, -0.05) is 60.7 Å². The molecule has 1 atom stereocenters. The Kier molecular flexibility index (Phi) is 4.15. The minimum Gasteiger partial charge on any atom is -0.498 e. The third-order valence-corrected chi connectivity index (χ3v) is 2.73. The maximum Gasteiger partial charge on any atom is 0.136 e. The van der Waals surface area contributed by atoms with E-state index in [9.17, 15) is 5.11 Å². The molecule has 1 N–H and O–H groups in total. The first-order valence-electron chi connectivity index (χ1n) is 5.85. The van der Waals surface area contributed by atoms with E-state index >= 15 is 0 Å². The van der Waals surface area contributed by atoms with Gasteiger partial charge in [0, 0.05) is 0 Å². The van der Waals surface area contributed by atoms with Crippen molar-refractivity contribution in [2.24, 2.45) is 0 Å². The van der Waals surface area contributed by atoms with Gasteiger partial charge in [-0.15, -0.1) is 0 Å². The number of methoxy groups -OCH3 is 1. The smallest absolute Gasteiger partial charge is 0.136 e. The molecule has 92 valence electrons. The highest BCUT2D eigenvalue weighted by Gasteiger charge is 2.13. The van der Waals surface area contributed by atoms with E-state index in [0.29, 0.717) is 5.76 Å². The van der Waals surface area contributed by atoms with Crippen LogP contribution in [0.15, 0.2) is 66.4 Å². The summed E-state index contributed by atoms with van der Waals surface area (Å²) < 4.78 is 5.28. The maximum absolute atomic E-state index is 10.2. The average molecular weight is 240 g/mol. The molecule has 2 heteroatoms. The first-order valence-corrected chi connectivity index (χ1v) is 5.85. The van der Waals surface area contributed by atoms with E-state index in [1.165, 1.54) is 0 Å². The summed E-state index contributed by atoms with van der Waals surface area (Å²) in [6.07, 6.45) is 1.11. The first-order chi connectivity index (χ1) is 8.81. The summed E-state index contributed by atoms with van der Waals surface area (Å²) in [5.41, 5.74) is 1.82. The number of aliphatic hydroxyl groups excluding tert-OH is 1. The minimum atomic E-state index is -0.739. The molecule has 0 aliphatic carbocycles. The van der Waals surface area contributed by atoms with Gasteiger partial charge in [-0.05, 0) is 17.2 Å². The fourth-order valence-corrected chi connectivity index (χ4v) is 1.76. The highest BCUT2D eigenvalue weighted by atomic mass is 16.5. The minimum absolute atomic E-state index is 0.535. The van der Waals surface area contributed by atoms with Crippen molar-refractivity contribution in [2.45, 2.75) is 6.10 Å². The van der Waals surface area contributed by atoms with Crippen molar-refractivity contribution in [3.63, 3.8) is 0 Å². The standard InChI is InChI=1S/C16H16O2/c1-18-15(12-13-8-4-2-5-9-13)16(17)14-10-6-3-7-11-14/h2-12,16-17H,1H3/b15-12+. The molecule has 0 fully saturated rings. The Labute approximate surface area is 107 Å². The highest BCUT2D eigenvalue weighted by molar-refractivity contribution is 5.52.